The minimum absolute atomic E-state index is 0.727. The molecular formula is C18H26Cl2OSi. The predicted octanol–water partition coefficient (Wildman–Crippen LogP) is 5.90. The fourth-order valence-electron chi connectivity index (χ4n) is 4.12. The molecule has 0 atom stereocenters. The highest BCUT2D eigenvalue weighted by molar-refractivity contribution is 7.07. The Morgan fingerprint density at radius 3 is 2.14 bits per heavy atom. The van der Waals surface area contributed by atoms with Gasteiger partial charge >= 0.3 is 0 Å². The fourth-order valence-corrected chi connectivity index (χ4v) is 6.87. The second-order valence-electron chi connectivity index (χ2n) is 7.06. The first-order chi connectivity index (χ1) is 10.7. The molecule has 1 aromatic carbocycles. The van der Waals surface area contributed by atoms with Crippen molar-refractivity contribution in [1.82, 2.24) is 0 Å². The summed E-state index contributed by atoms with van der Waals surface area (Å²) in [6.07, 6.45) is 8.28. The molecule has 1 nitrogen and oxygen atoms in total. The van der Waals surface area contributed by atoms with E-state index >= 15 is 0 Å². The second kappa shape index (κ2) is 8.08. The number of ether oxygens (including phenoxy) is 1. The van der Waals surface area contributed by atoms with Crippen LogP contribution >= 0.6 is 22.7 Å². The Balaban J connectivity index is 1.39. The quantitative estimate of drug-likeness (QED) is 0.482. The van der Waals surface area contributed by atoms with E-state index in [2.05, 4.69) is 0 Å². The molecule has 1 aromatic rings. The molecule has 0 aromatic heterocycles. The zero-order valence-corrected chi connectivity index (χ0v) is 15.8. The van der Waals surface area contributed by atoms with Crippen molar-refractivity contribution < 1.29 is 4.74 Å². The van der Waals surface area contributed by atoms with Gasteiger partial charge in [0.1, 0.15) is 13.9 Å². The van der Waals surface area contributed by atoms with E-state index in [4.69, 9.17) is 27.4 Å². The number of benzene rings is 1. The van der Waals surface area contributed by atoms with Crippen molar-refractivity contribution in [2.45, 2.75) is 50.6 Å². The summed E-state index contributed by atoms with van der Waals surface area (Å²) in [6.45, 7) is 0.857. The average Bonchev–Trinajstić information content (AvgIpc) is 2.56. The maximum atomic E-state index is 6.37. The Bertz CT molecular complexity index is 449. The minimum Gasteiger partial charge on any atom is -0.493 e. The van der Waals surface area contributed by atoms with Crippen molar-refractivity contribution in [3.63, 3.8) is 0 Å². The summed E-state index contributed by atoms with van der Waals surface area (Å²) in [4.78, 5) is 0. The summed E-state index contributed by atoms with van der Waals surface area (Å²) in [5.41, 5.74) is 0. The first kappa shape index (κ1) is 16.7. The Kier molecular flexibility index (Phi) is 6.12. The summed E-state index contributed by atoms with van der Waals surface area (Å²) in [6, 6.07) is 10.4. The van der Waals surface area contributed by atoms with Crippen molar-refractivity contribution in [2.24, 2.45) is 17.8 Å². The molecule has 1 heterocycles. The first-order valence-electron chi connectivity index (χ1n) is 8.73. The monoisotopic (exact) mass is 356 g/mol. The Morgan fingerprint density at radius 2 is 1.50 bits per heavy atom. The standard InChI is InChI=1S/C18H26Cl2OSi/c19-17-5-7-18(8-6-17)21-13-14-1-3-15(4-2-14)16-9-11-22(20)12-10-16/h5-8,14-16,22H,1-4,9-13H2/t14?,15?,16-,22-. The highest BCUT2D eigenvalue weighted by Gasteiger charge is 2.30. The molecule has 3 rings (SSSR count). The lowest BCUT2D eigenvalue weighted by atomic mass is 9.74. The SMILES string of the molecule is Clc1ccc(OCC2CCC([C@H]3CC[Si@H](Cl)CC3)CC2)cc1. The van der Waals surface area contributed by atoms with E-state index in [0.29, 0.717) is 0 Å². The number of rotatable bonds is 4. The molecule has 0 amide bonds. The molecule has 0 N–H and O–H groups in total. The van der Waals surface area contributed by atoms with Crippen LogP contribution in [0.1, 0.15) is 38.5 Å². The van der Waals surface area contributed by atoms with E-state index in [1.807, 2.05) is 24.3 Å². The zero-order chi connectivity index (χ0) is 15.4. The summed E-state index contributed by atoms with van der Waals surface area (Å²) in [7, 11) is -0.807. The summed E-state index contributed by atoms with van der Waals surface area (Å²) in [5.74, 6) is 3.60. The third-order valence-electron chi connectivity index (χ3n) is 5.56. The highest BCUT2D eigenvalue weighted by Crippen LogP contribution is 2.40. The van der Waals surface area contributed by atoms with Crippen LogP contribution in [0.15, 0.2) is 24.3 Å². The topological polar surface area (TPSA) is 9.23 Å². The van der Waals surface area contributed by atoms with Gasteiger partial charge in [-0.2, -0.15) is 11.1 Å². The molecule has 0 unspecified atom stereocenters. The summed E-state index contributed by atoms with van der Waals surface area (Å²) in [5, 5.41) is 0.766. The minimum atomic E-state index is -0.807. The van der Waals surface area contributed by atoms with Gasteiger partial charge in [-0.25, -0.2) is 0 Å². The molecule has 0 bridgehead atoms. The van der Waals surface area contributed by atoms with Crippen molar-refractivity contribution in [2.75, 3.05) is 6.61 Å². The molecule has 22 heavy (non-hydrogen) atoms. The fraction of sp³-hybridized carbons (Fsp3) is 0.667. The van der Waals surface area contributed by atoms with Crippen LogP contribution in [0.3, 0.4) is 0 Å². The summed E-state index contributed by atoms with van der Waals surface area (Å²) >= 11 is 12.3. The molecule has 0 radical (unpaired) electrons. The van der Waals surface area contributed by atoms with Crippen molar-refractivity contribution in [3.8, 4) is 5.75 Å². The molecule has 1 saturated carbocycles. The van der Waals surface area contributed by atoms with Gasteiger partial charge in [0.15, 0.2) is 0 Å². The van der Waals surface area contributed by atoms with Crippen LogP contribution in [-0.4, -0.2) is 14.7 Å². The molecular weight excluding hydrogens is 331 g/mol. The molecule has 2 aliphatic rings. The predicted molar refractivity (Wildman–Crippen MR) is 97.7 cm³/mol. The van der Waals surface area contributed by atoms with E-state index in [9.17, 15) is 0 Å². The van der Waals surface area contributed by atoms with Crippen LogP contribution in [0.5, 0.6) is 5.75 Å². The average molecular weight is 357 g/mol. The van der Waals surface area contributed by atoms with Crippen LogP contribution < -0.4 is 4.74 Å². The molecule has 122 valence electrons. The van der Waals surface area contributed by atoms with Gasteiger partial charge in [0, 0.05) is 5.02 Å². The lowest BCUT2D eigenvalue weighted by Gasteiger charge is -2.36. The van der Waals surface area contributed by atoms with Crippen LogP contribution in [0.25, 0.3) is 0 Å². The Morgan fingerprint density at radius 1 is 0.909 bits per heavy atom. The summed E-state index contributed by atoms with van der Waals surface area (Å²) < 4.78 is 5.92. The van der Waals surface area contributed by atoms with Crippen LogP contribution in [-0.2, 0) is 0 Å². The first-order valence-corrected chi connectivity index (χ1v) is 12.5. The molecule has 2 fully saturated rings. The number of halogens is 2. The smallest absolute Gasteiger partial charge is 0.141 e. The van der Waals surface area contributed by atoms with Gasteiger partial charge in [-0.3, -0.25) is 0 Å². The molecule has 1 saturated heterocycles. The van der Waals surface area contributed by atoms with E-state index in [1.54, 1.807) is 0 Å². The second-order valence-corrected chi connectivity index (χ2v) is 11.7. The number of hydrogen-bond acceptors (Lipinski definition) is 1. The normalized spacial score (nSPS) is 32.6. The van der Waals surface area contributed by atoms with Gasteiger partial charge < -0.3 is 4.74 Å². The van der Waals surface area contributed by atoms with Crippen LogP contribution in [0.4, 0.5) is 0 Å². The van der Waals surface area contributed by atoms with E-state index in [0.717, 1.165) is 35.1 Å². The lowest BCUT2D eigenvalue weighted by Crippen LogP contribution is -2.28. The van der Waals surface area contributed by atoms with E-state index in [1.165, 1.54) is 50.6 Å². The maximum Gasteiger partial charge on any atom is 0.141 e. The van der Waals surface area contributed by atoms with Gasteiger partial charge in [0.2, 0.25) is 0 Å². The molecule has 1 aliphatic heterocycles. The lowest BCUT2D eigenvalue weighted by molar-refractivity contribution is 0.148. The maximum absolute atomic E-state index is 6.37. The zero-order valence-electron chi connectivity index (χ0n) is 13.1. The van der Waals surface area contributed by atoms with Crippen molar-refractivity contribution >= 4 is 30.8 Å². The molecule has 1 aliphatic carbocycles. The largest absolute Gasteiger partial charge is 0.493 e. The Labute approximate surface area is 145 Å². The highest BCUT2D eigenvalue weighted by atomic mass is 35.6. The van der Waals surface area contributed by atoms with Gasteiger partial charge in [-0.15, -0.1) is 0 Å². The van der Waals surface area contributed by atoms with Gasteiger partial charge in [-0.1, -0.05) is 24.4 Å². The van der Waals surface area contributed by atoms with E-state index < -0.39 is 8.11 Å². The van der Waals surface area contributed by atoms with E-state index in [-0.39, 0.29) is 0 Å². The van der Waals surface area contributed by atoms with Crippen LogP contribution in [0, 0.1) is 17.8 Å². The molecule has 4 heteroatoms. The number of hydrogen-bond donors (Lipinski definition) is 0. The van der Waals surface area contributed by atoms with Crippen LogP contribution in [0.2, 0.25) is 17.1 Å². The van der Waals surface area contributed by atoms with Crippen molar-refractivity contribution in [1.29, 1.82) is 0 Å². The van der Waals surface area contributed by atoms with Crippen molar-refractivity contribution in [3.05, 3.63) is 29.3 Å². The third kappa shape index (κ3) is 4.66. The molecule has 0 spiro atoms. The third-order valence-corrected chi connectivity index (χ3v) is 9.04. The van der Waals surface area contributed by atoms with Gasteiger partial charge in [0.25, 0.3) is 0 Å². The van der Waals surface area contributed by atoms with Gasteiger partial charge in [0.05, 0.1) is 6.61 Å². The Hall–Kier alpha value is -0.183. The van der Waals surface area contributed by atoms with Gasteiger partial charge in [-0.05, 0) is 79.8 Å².